The molecule has 0 saturated carbocycles. The summed E-state index contributed by atoms with van der Waals surface area (Å²) in [5.41, 5.74) is 2.40. The summed E-state index contributed by atoms with van der Waals surface area (Å²) < 4.78 is 5.86. The standard InChI is InChI=1S/C23H22ClN3O4/c1-25-22(29)20(27-30-2)19-11-7-6-10-18(19)15-31-23(24)13-12-17(14-26-23)21(28)16-8-4-3-5-9-16/h3-14,26H,15H2,1-2H3,(H,25,29)/b27-20-. The smallest absolute Gasteiger partial charge is 0.273 e. The van der Waals surface area contributed by atoms with Gasteiger partial charge in [0.1, 0.15) is 7.11 Å². The first-order valence-corrected chi connectivity index (χ1v) is 9.86. The number of allylic oxidation sites excluding steroid dienone is 2. The summed E-state index contributed by atoms with van der Waals surface area (Å²) in [6.07, 6.45) is 4.71. The minimum absolute atomic E-state index is 0.0759. The van der Waals surface area contributed by atoms with E-state index in [2.05, 4.69) is 15.8 Å². The predicted octanol–water partition coefficient (Wildman–Crippen LogP) is 3.12. The molecule has 31 heavy (non-hydrogen) atoms. The highest BCUT2D eigenvalue weighted by atomic mass is 35.5. The van der Waals surface area contributed by atoms with Crippen LogP contribution in [0.5, 0.6) is 0 Å². The number of rotatable bonds is 8. The lowest BCUT2D eigenvalue weighted by atomic mass is 10.0. The lowest BCUT2D eigenvalue weighted by molar-refractivity contribution is -0.114. The number of carbonyl (C=O) groups excluding carboxylic acids is 2. The largest absolute Gasteiger partial charge is 0.398 e. The van der Waals surface area contributed by atoms with Crippen LogP contribution in [0.2, 0.25) is 0 Å². The number of nitrogens with zero attached hydrogens (tertiary/aromatic N) is 1. The van der Waals surface area contributed by atoms with E-state index in [0.717, 1.165) is 0 Å². The SMILES string of the molecule is CNC(=O)/C(=N\OC)c1ccccc1COC1(Cl)C=CC(C(=O)c2ccccc2)=CN1. The average Bonchev–Trinajstić information content (AvgIpc) is 2.82. The van der Waals surface area contributed by atoms with Crippen LogP contribution in [0.3, 0.4) is 0 Å². The van der Waals surface area contributed by atoms with E-state index < -0.39 is 11.1 Å². The van der Waals surface area contributed by atoms with Gasteiger partial charge in [-0.1, -0.05) is 71.4 Å². The highest BCUT2D eigenvalue weighted by molar-refractivity contribution is 6.45. The number of halogens is 1. The van der Waals surface area contributed by atoms with Crippen LogP contribution in [0.4, 0.5) is 0 Å². The van der Waals surface area contributed by atoms with Gasteiger partial charge < -0.3 is 20.2 Å². The number of hydrogen-bond donors (Lipinski definition) is 2. The van der Waals surface area contributed by atoms with Crippen LogP contribution in [0, 0.1) is 0 Å². The van der Waals surface area contributed by atoms with Gasteiger partial charge in [0.2, 0.25) is 5.18 Å². The number of benzene rings is 2. The molecule has 0 fully saturated rings. The van der Waals surface area contributed by atoms with Crippen molar-refractivity contribution in [2.24, 2.45) is 5.16 Å². The first-order chi connectivity index (χ1) is 15.0. The molecule has 0 bridgehead atoms. The second kappa shape index (κ2) is 10.1. The van der Waals surface area contributed by atoms with Gasteiger partial charge in [-0.15, -0.1) is 0 Å². The van der Waals surface area contributed by atoms with Gasteiger partial charge in [0, 0.05) is 29.9 Å². The molecule has 2 aromatic rings. The third-order valence-corrected chi connectivity index (χ3v) is 4.88. The lowest BCUT2D eigenvalue weighted by Crippen LogP contribution is -2.39. The first kappa shape index (κ1) is 22.3. The molecule has 1 aliphatic rings. The molecule has 0 saturated heterocycles. The van der Waals surface area contributed by atoms with E-state index in [1.54, 1.807) is 54.6 Å². The lowest BCUT2D eigenvalue weighted by Gasteiger charge is -2.28. The topological polar surface area (TPSA) is 89.0 Å². The van der Waals surface area contributed by atoms with Gasteiger partial charge >= 0.3 is 0 Å². The number of dihydropyridines is 1. The Morgan fingerprint density at radius 1 is 1.13 bits per heavy atom. The summed E-state index contributed by atoms with van der Waals surface area (Å²) in [6.45, 7) is 0.0759. The maximum atomic E-state index is 12.6. The van der Waals surface area contributed by atoms with Crippen LogP contribution in [-0.2, 0) is 21.0 Å². The number of carbonyl (C=O) groups is 2. The number of ketones is 1. The molecular weight excluding hydrogens is 418 g/mol. The van der Waals surface area contributed by atoms with Crippen molar-refractivity contribution in [2.75, 3.05) is 14.2 Å². The monoisotopic (exact) mass is 439 g/mol. The van der Waals surface area contributed by atoms with Crippen LogP contribution in [0.25, 0.3) is 0 Å². The Hall–Kier alpha value is -3.42. The Bertz CT molecular complexity index is 1050. The number of likely N-dealkylation sites (N-methyl/N-ethyl adjacent to an activating group) is 1. The van der Waals surface area contributed by atoms with E-state index in [1.165, 1.54) is 20.4 Å². The molecule has 1 unspecified atom stereocenters. The molecule has 0 aliphatic carbocycles. The first-order valence-electron chi connectivity index (χ1n) is 9.48. The van der Waals surface area contributed by atoms with Crippen LogP contribution in [0.15, 0.2) is 83.7 Å². The van der Waals surface area contributed by atoms with Crippen LogP contribution >= 0.6 is 11.6 Å². The summed E-state index contributed by atoms with van der Waals surface area (Å²) in [5.74, 6) is -0.517. The molecule has 8 heteroatoms. The summed E-state index contributed by atoms with van der Waals surface area (Å²) in [5, 5.41) is 7.94. The fourth-order valence-corrected chi connectivity index (χ4v) is 3.11. The van der Waals surface area contributed by atoms with E-state index >= 15 is 0 Å². The van der Waals surface area contributed by atoms with Crippen LogP contribution < -0.4 is 10.6 Å². The second-order valence-corrected chi connectivity index (χ2v) is 7.13. The maximum absolute atomic E-state index is 12.6. The maximum Gasteiger partial charge on any atom is 0.273 e. The van der Waals surface area contributed by atoms with Crippen molar-refractivity contribution < 1.29 is 19.2 Å². The number of hydrogen-bond acceptors (Lipinski definition) is 6. The highest BCUT2D eigenvalue weighted by Gasteiger charge is 2.28. The number of alkyl halides is 1. The van der Waals surface area contributed by atoms with E-state index in [0.29, 0.717) is 22.3 Å². The summed E-state index contributed by atoms with van der Waals surface area (Å²) in [6, 6.07) is 16.1. The number of amides is 1. The molecule has 2 aromatic carbocycles. The van der Waals surface area contributed by atoms with Crippen LogP contribution in [-0.4, -0.2) is 36.7 Å². The molecule has 3 rings (SSSR count). The molecule has 1 atom stereocenters. The van der Waals surface area contributed by atoms with E-state index in [9.17, 15) is 9.59 Å². The Morgan fingerprint density at radius 3 is 2.48 bits per heavy atom. The van der Waals surface area contributed by atoms with Gasteiger partial charge in [0.15, 0.2) is 11.5 Å². The fourth-order valence-electron chi connectivity index (χ4n) is 2.94. The van der Waals surface area contributed by atoms with Gasteiger partial charge in [-0.2, -0.15) is 0 Å². The van der Waals surface area contributed by atoms with Gasteiger partial charge in [-0.25, -0.2) is 0 Å². The average molecular weight is 440 g/mol. The van der Waals surface area contributed by atoms with Crippen molar-refractivity contribution >= 4 is 29.0 Å². The number of oxime groups is 1. The third kappa shape index (κ3) is 5.39. The summed E-state index contributed by atoms with van der Waals surface area (Å²) in [4.78, 5) is 29.6. The molecule has 0 aromatic heterocycles. The Labute approximate surface area is 185 Å². The molecule has 160 valence electrons. The molecule has 1 aliphatic heterocycles. The normalized spacial score (nSPS) is 18.0. The summed E-state index contributed by atoms with van der Waals surface area (Å²) >= 11 is 6.51. The highest BCUT2D eigenvalue weighted by Crippen LogP contribution is 2.25. The molecule has 1 amide bonds. The van der Waals surface area contributed by atoms with Crippen LogP contribution in [0.1, 0.15) is 21.5 Å². The van der Waals surface area contributed by atoms with Gasteiger partial charge in [0.25, 0.3) is 5.91 Å². The van der Waals surface area contributed by atoms with Crippen molar-refractivity contribution in [2.45, 2.75) is 11.8 Å². The quantitative estimate of drug-likeness (QED) is 0.217. The molecule has 2 N–H and O–H groups in total. The minimum atomic E-state index is -1.35. The zero-order valence-electron chi connectivity index (χ0n) is 17.1. The zero-order chi connectivity index (χ0) is 22.3. The Morgan fingerprint density at radius 2 is 1.84 bits per heavy atom. The number of ether oxygens (including phenoxy) is 1. The minimum Gasteiger partial charge on any atom is -0.398 e. The molecule has 0 radical (unpaired) electrons. The zero-order valence-corrected chi connectivity index (χ0v) is 17.8. The van der Waals surface area contributed by atoms with Gasteiger partial charge in [-0.05, 0) is 17.7 Å². The predicted molar refractivity (Wildman–Crippen MR) is 119 cm³/mol. The fraction of sp³-hybridized carbons (Fsp3) is 0.174. The third-order valence-electron chi connectivity index (χ3n) is 4.53. The molecule has 7 nitrogen and oxygen atoms in total. The van der Waals surface area contributed by atoms with Crippen molar-refractivity contribution in [3.63, 3.8) is 0 Å². The van der Waals surface area contributed by atoms with E-state index in [-0.39, 0.29) is 18.1 Å². The number of Topliss-reactive ketones (excluding diaryl/α,β-unsaturated/α-hetero) is 1. The Kier molecular flexibility index (Phi) is 7.23. The van der Waals surface area contributed by atoms with E-state index in [4.69, 9.17) is 21.2 Å². The Balaban J connectivity index is 1.72. The number of nitrogens with one attached hydrogen (secondary N) is 2. The van der Waals surface area contributed by atoms with Crippen molar-refractivity contribution in [3.8, 4) is 0 Å². The van der Waals surface area contributed by atoms with Crippen molar-refractivity contribution in [1.29, 1.82) is 0 Å². The molecule has 1 heterocycles. The van der Waals surface area contributed by atoms with Crippen molar-refractivity contribution in [1.82, 2.24) is 10.6 Å². The van der Waals surface area contributed by atoms with Gasteiger partial charge in [0.05, 0.1) is 6.61 Å². The molecular formula is C23H22ClN3O4. The van der Waals surface area contributed by atoms with Gasteiger partial charge in [-0.3, -0.25) is 9.59 Å². The van der Waals surface area contributed by atoms with E-state index in [1.807, 2.05) is 12.1 Å². The molecule has 0 spiro atoms. The van der Waals surface area contributed by atoms with Crippen molar-refractivity contribution in [3.05, 3.63) is 95.2 Å². The second-order valence-electron chi connectivity index (χ2n) is 6.56. The summed E-state index contributed by atoms with van der Waals surface area (Å²) in [7, 11) is 2.88.